The van der Waals surface area contributed by atoms with Crippen molar-refractivity contribution in [1.29, 1.82) is 0 Å². The number of carbonyl (C=O) groups excluding carboxylic acids is 1. The highest BCUT2D eigenvalue weighted by Crippen LogP contribution is 2.07. The number of aldehydes is 1. The molecule has 2 rings (SSSR count). The third kappa shape index (κ3) is 3.25. The molecule has 0 N–H and O–H groups in total. The molecule has 0 bridgehead atoms. The Morgan fingerprint density at radius 1 is 0.941 bits per heavy atom. The van der Waals surface area contributed by atoms with Gasteiger partial charge in [0.2, 0.25) is 0 Å². The van der Waals surface area contributed by atoms with Crippen LogP contribution in [-0.4, -0.2) is 6.29 Å². The molecule has 0 amide bonds. The second-order valence-corrected chi connectivity index (χ2v) is 4.23. The van der Waals surface area contributed by atoms with Crippen molar-refractivity contribution in [2.75, 3.05) is 0 Å². The normalized spacial score (nSPS) is 10.2. The van der Waals surface area contributed by atoms with Gasteiger partial charge in [0.05, 0.1) is 0 Å². The molecule has 0 fully saturated rings. The van der Waals surface area contributed by atoms with Crippen LogP contribution in [0, 0.1) is 0 Å². The summed E-state index contributed by atoms with van der Waals surface area (Å²) in [7, 11) is 2.02. The molecule has 17 heavy (non-hydrogen) atoms. The second-order valence-electron chi connectivity index (χ2n) is 4.23. The van der Waals surface area contributed by atoms with Gasteiger partial charge in [-0.25, -0.2) is 4.57 Å². The number of nitrogens with zero attached hydrogens (tertiary/aromatic N) is 1. The van der Waals surface area contributed by atoms with Gasteiger partial charge in [-0.15, -0.1) is 0 Å². The Kier molecular flexibility index (Phi) is 3.66. The minimum Gasteiger partial charge on any atom is -0.298 e. The monoisotopic (exact) mass is 226 g/mol. The van der Waals surface area contributed by atoms with Gasteiger partial charge < -0.3 is 0 Å². The number of hydrogen-bond donors (Lipinski definition) is 0. The van der Waals surface area contributed by atoms with E-state index < -0.39 is 0 Å². The van der Waals surface area contributed by atoms with Crippen LogP contribution in [0.1, 0.15) is 21.5 Å². The van der Waals surface area contributed by atoms with Crippen LogP contribution in [0.2, 0.25) is 0 Å². The highest BCUT2D eigenvalue weighted by molar-refractivity contribution is 5.74. The summed E-state index contributed by atoms with van der Waals surface area (Å²) in [5.74, 6) is 0. The largest absolute Gasteiger partial charge is 0.298 e. The standard InChI is InChI=1S/C15H16NO/c1-16-10-8-14(9-11-16)3-2-13-4-6-15(12-17)7-5-13/h4-12H,2-3H2,1H3/q+1. The summed E-state index contributed by atoms with van der Waals surface area (Å²) in [6.07, 6.45) is 7.03. The van der Waals surface area contributed by atoms with Crippen LogP contribution in [0.25, 0.3) is 0 Å². The van der Waals surface area contributed by atoms with E-state index in [9.17, 15) is 4.79 Å². The van der Waals surface area contributed by atoms with E-state index >= 15 is 0 Å². The van der Waals surface area contributed by atoms with Gasteiger partial charge in [0, 0.05) is 17.7 Å². The first-order chi connectivity index (χ1) is 8.28. The zero-order valence-electron chi connectivity index (χ0n) is 9.97. The van der Waals surface area contributed by atoms with E-state index in [0.29, 0.717) is 0 Å². The molecular formula is C15H16NO+. The zero-order chi connectivity index (χ0) is 12.1. The van der Waals surface area contributed by atoms with Crippen LogP contribution < -0.4 is 4.57 Å². The summed E-state index contributed by atoms with van der Waals surface area (Å²) in [5, 5.41) is 0. The number of hydrogen-bond acceptors (Lipinski definition) is 1. The second kappa shape index (κ2) is 5.39. The molecule has 0 atom stereocenters. The van der Waals surface area contributed by atoms with Gasteiger partial charge in [-0.2, -0.15) is 0 Å². The minimum absolute atomic E-state index is 0.737. The molecule has 1 aromatic carbocycles. The van der Waals surface area contributed by atoms with Gasteiger partial charge in [0.15, 0.2) is 12.4 Å². The summed E-state index contributed by atoms with van der Waals surface area (Å²) in [6.45, 7) is 0. The van der Waals surface area contributed by atoms with E-state index in [1.165, 1.54) is 11.1 Å². The van der Waals surface area contributed by atoms with Crippen LogP contribution in [0.15, 0.2) is 48.8 Å². The molecule has 1 aromatic heterocycles. The Labute approximate surface area is 102 Å². The van der Waals surface area contributed by atoms with Crippen LogP contribution in [0.5, 0.6) is 0 Å². The number of carbonyl (C=O) groups is 1. The molecule has 0 spiro atoms. The first-order valence-corrected chi connectivity index (χ1v) is 5.76. The van der Waals surface area contributed by atoms with Crippen LogP contribution in [0.3, 0.4) is 0 Å². The van der Waals surface area contributed by atoms with E-state index in [-0.39, 0.29) is 0 Å². The molecule has 2 aromatic rings. The van der Waals surface area contributed by atoms with E-state index in [2.05, 4.69) is 24.5 Å². The first-order valence-electron chi connectivity index (χ1n) is 5.76. The molecule has 2 heteroatoms. The van der Waals surface area contributed by atoms with Crippen LogP contribution in [0.4, 0.5) is 0 Å². The maximum atomic E-state index is 10.5. The molecule has 0 saturated heterocycles. The van der Waals surface area contributed by atoms with E-state index in [4.69, 9.17) is 0 Å². The van der Waals surface area contributed by atoms with Gasteiger partial charge in [0.1, 0.15) is 13.3 Å². The molecule has 0 aliphatic carbocycles. The lowest BCUT2D eigenvalue weighted by Gasteiger charge is -2.01. The summed E-state index contributed by atoms with van der Waals surface area (Å²) in [4.78, 5) is 10.5. The molecule has 1 heterocycles. The number of pyridine rings is 1. The molecule has 0 radical (unpaired) electrons. The molecule has 0 unspecified atom stereocenters. The van der Waals surface area contributed by atoms with E-state index in [0.717, 1.165) is 24.7 Å². The first kappa shape index (κ1) is 11.5. The molecule has 0 aliphatic heterocycles. The van der Waals surface area contributed by atoms with E-state index in [1.807, 2.05) is 35.9 Å². The SMILES string of the molecule is C[n+]1ccc(CCc2ccc(C=O)cc2)cc1. The smallest absolute Gasteiger partial charge is 0.168 e. The molecular weight excluding hydrogens is 210 g/mol. The van der Waals surface area contributed by atoms with Gasteiger partial charge in [-0.1, -0.05) is 24.3 Å². The summed E-state index contributed by atoms with van der Waals surface area (Å²) in [5.41, 5.74) is 3.34. The number of rotatable bonds is 4. The third-order valence-electron chi connectivity index (χ3n) is 2.87. The summed E-state index contributed by atoms with van der Waals surface area (Å²) < 4.78 is 2.03. The lowest BCUT2D eigenvalue weighted by Crippen LogP contribution is -2.25. The van der Waals surface area contributed by atoms with Gasteiger partial charge in [-0.3, -0.25) is 4.79 Å². The molecule has 0 saturated carbocycles. The Morgan fingerprint density at radius 3 is 2.00 bits per heavy atom. The lowest BCUT2D eigenvalue weighted by atomic mass is 10.0. The van der Waals surface area contributed by atoms with Crippen molar-refractivity contribution >= 4 is 6.29 Å². The van der Waals surface area contributed by atoms with Gasteiger partial charge in [0.25, 0.3) is 0 Å². The van der Waals surface area contributed by atoms with Crippen LogP contribution in [-0.2, 0) is 19.9 Å². The maximum Gasteiger partial charge on any atom is 0.168 e. The zero-order valence-corrected chi connectivity index (χ0v) is 9.97. The topological polar surface area (TPSA) is 20.9 Å². The van der Waals surface area contributed by atoms with Crippen molar-refractivity contribution in [3.63, 3.8) is 0 Å². The Balaban J connectivity index is 1.97. The highest BCUT2D eigenvalue weighted by Gasteiger charge is 1.98. The molecule has 2 nitrogen and oxygen atoms in total. The van der Waals surface area contributed by atoms with Crippen molar-refractivity contribution in [3.8, 4) is 0 Å². The quantitative estimate of drug-likeness (QED) is 0.578. The number of benzene rings is 1. The highest BCUT2D eigenvalue weighted by atomic mass is 16.1. The summed E-state index contributed by atoms with van der Waals surface area (Å²) in [6, 6.07) is 12.1. The molecule has 86 valence electrons. The Bertz CT molecular complexity index is 485. The van der Waals surface area contributed by atoms with Gasteiger partial charge >= 0.3 is 0 Å². The Morgan fingerprint density at radius 2 is 1.47 bits per heavy atom. The van der Waals surface area contributed by atoms with Crippen molar-refractivity contribution < 1.29 is 9.36 Å². The average Bonchev–Trinajstić information content (AvgIpc) is 2.39. The fraction of sp³-hybridized carbons (Fsp3) is 0.200. The van der Waals surface area contributed by atoms with Gasteiger partial charge in [-0.05, 0) is 24.0 Å². The van der Waals surface area contributed by atoms with Crippen molar-refractivity contribution in [2.45, 2.75) is 12.8 Å². The predicted octanol–water partition coefficient (Wildman–Crippen LogP) is 2.11. The number of aryl methyl sites for hydroxylation is 3. The van der Waals surface area contributed by atoms with E-state index in [1.54, 1.807) is 0 Å². The minimum atomic E-state index is 0.737. The van der Waals surface area contributed by atoms with Crippen LogP contribution >= 0.6 is 0 Å². The van der Waals surface area contributed by atoms with Crippen molar-refractivity contribution in [1.82, 2.24) is 0 Å². The molecule has 0 aliphatic rings. The predicted molar refractivity (Wildman–Crippen MR) is 66.9 cm³/mol. The third-order valence-corrected chi connectivity index (χ3v) is 2.87. The van der Waals surface area contributed by atoms with Crippen molar-refractivity contribution in [3.05, 3.63) is 65.5 Å². The average molecular weight is 226 g/mol. The fourth-order valence-electron chi connectivity index (χ4n) is 1.75. The number of aromatic nitrogens is 1. The Hall–Kier alpha value is -1.96. The van der Waals surface area contributed by atoms with Crippen molar-refractivity contribution in [2.24, 2.45) is 7.05 Å². The lowest BCUT2D eigenvalue weighted by molar-refractivity contribution is -0.671. The fourth-order valence-corrected chi connectivity index (χ4v) is 1.75. The maximum absolute atomic E-state index is 10.5. The summed E-state index contributed by atoms with van der Waals surface area (Å²) >= 11 is 0.